The zero-order valence-corrected chi connectivity index (χ0v) is 12.0. The van der Waals surface area contributed by atoms with Gasteiger partial charge in [-0.1, -0.05) is 0 Å². The summed E-state index contributed by atoms with van der Waals surface area (Å²) in [4.78, 5) is 28.4. The van der Waals surface area contributed by atoms with E-state index < -0.39 is 0 Å². The number of ether oxygens (including phenoxy) is 1. The molecule has 0 aromatic carbocycles. The SMILES string of the molecule is CN1CCN(C(=O)C2C(C(=O)S)[C@H]3CC[C@@H]2O3)CC1. The second-order valence-electron chi connectivity index (χ2n) is 5.81. The van der Waals surface area contributed by atoms with Crippen molar-refractivity contribution in [3.63, 3.8) is 0 Å². The zero-order valence-electron chi connectivity index (χ0n) is 11.1. The van der Waals surface area contributed by atoms with E-state index in [9.17, 15) is 9.59 Å². The number of amides is 1. The van der Waals surface area contributed by atoms with Gasteiger partial charge in [0.1, 0.15) is 0 Å². The lowest BCUT2D eigenvalue weighted by Crippen LogP contribution is -2.52. The van der Waals surface area contributed by atoms with Gasteiger partial charge in [-0.3, -0.25) is 9.59 Å². The molecule has 3 fully saturated rings. The van der Waals surface area contributed by atoms with Crippen LogP contribution in [0, 0.1) is 11.8 Å². The van der Waals surface area contributed by atoms with Crippen molar-refractivity contribution in [1.82, 2.24) is 9.80 Å². The van der Waals surface area contributed by atoms with Crippen LogP contribution in [0.5, 0.6) is 0 Å². The molecular formula is C13H20N2O3S. The third-order valence-electron chi connectivity index (χ3n) is 4.66. The summed E-state index contributed by atoms with van der Waals surface area (Å²) >= 11 is 3.96. The number of piperazine rings is 1. The zero-order chi connectivity index (χ0) is 13.6. The summed E-state index contributed by atoms with van der Waals surface area (Å²) in [6, 6.07) is 0. The Balaban J connectivity index is 1.73. The Kier molecular flexibility index (Phi) is 3.57. The number of nitrogens with zero attached hydrogens (tertiary/aromatic N) is 2. The highest BCUT2D eigenvalue weighted by atomic mass is 32.1. The van der Waals surface area contributed by atoms with Gasteiger partial charge in [-0.15, -0.1) is 12.6 Å². The van der Waals surface area contributed by atoms with Gasteiger partial charge in [0.25, 0.3) is 0 Å². The molecule has 106 valence electrons. The topological polar surface area (TPSA) is 49.9 Å². The third kappa shape index (κ3) is 2.30. The van der Waals surface area contributed by atoms with Gasteiger partial charge in [-0.2, -0.15) is 0 Å². The van der Waals surface area contributed by atoms with Gasteiger partial charge in [0.15, 0.2) is 5.12 Å². The van der Waals surface area contributed by atoms with Gasteiger partial charge < -0.3 is 14.5 Å². The van der Waals surface area contributed by atoms with E-state index in [-0.39, 0.29) is 35.1 Å². The first-order valence-corrected chi connectivity index (χ1v) is 7.38. The first kappa shape index (κ1) is 13.4. The average Bonchev–Trinajstić information content (AvgIpc) is 2.98. The number of carbonyl (C=O) groups is 2. The Morgan fingerprint density at radius 2 is 1.63 bits per heavy atom. The highest BCUT2D eigenvalue weighted by molar-refractivity contribution is 7.96. The molecule has 0 aromatic rings. The van der Waals surface area contributed by atoms with Crippen molar-refractivity contribution >= 4 is 23.7 Å². The molecule has 0 saturated carbocycles. The fourth-order valence-corrected chi connectivity index (χ4v) is 3.87. The molecule has 2 unspecified atom stereocenters. The van der Waals surface area contributed by atoms with Crippen LogP contribution in [0.15, 0.2) is 0 Å². The largest absolute Gasteiger partial charge is 0.373 e. The minimum absolute atomic E-state index is 0.0711. The van der Waals surface area contributed by atoms with Gasteiger partial charge >= 0.3 is 0 Å². The van der Waals surface area contributed by atoms with Gasteiger partial charge in [-0.25, -0.2) is 0 Å². The molecule has 3 aliphatic rings. The van der Waals surface area contributed by atoms with Crippen molar-refractivity contribution in [2.75, 3.05) is 33.2 Å². The van der Waals surface area contributed by atoms with Crippen LogP contribution in [0.1, 0.15) is 12.8 Å². The van der Waals surface area contributed by atoms with E-state index in [0.29, 0.717) is 0 Å². The van der Waals surface area contributed by atoms with E-state index in [4.69, 9.17) is 4.74 Å². The minimum atomic E-state index is -0.339. The lowest BCUT2D eigenvalue weighted by molar-refractivity contribution is -0.141. The molecule has 2 bridgehead atoms. The fourth-order valence-electron chi connectivity index (χ4n) is 3.54. The summed E-state index contributed by atoms with van der Waals surface area (Å²) in [7, 11) is 2.06. The predicted octanol–water partition coefficient (Wildman–Crippen LogP) is 0.0104. The number of rotatable bonds is 2. The Morgan fingerprint density at radius 1 is 1.05 bits per heavy atom. The maximum atomic E-state index is 12.7. The van der Waals surface area contributed by atoms with E-state index in [1.807, 2.05) is 4.90 Å². The normalized spacial score (nSPS) is 38.7. The second kappa shape index (κ2) is 5.07. The van der Waals surface area contributed by atoms with E-state index in [2.05, 4.69) is 24.6 Å². The van der Waals surface area contributed by atoms with Gasteiger partial charge in [-0.05, 0) is 19.9 Å². The lowest BCUT2D eigenvalue weighted by atomic mass is 9.79. The molecule has 3 aliphatic heterocycles. The summed E-state index contributed by atoms with van der Waals surface area (Å²) in [6.45, 7) is 3.28. The summed E-state index contributed by atoms with van der Waals surface area (Å²) < 4.78 is 5.76. The third-order valence-corrected chi connectivity index (χ3v) is 4.96. The van der Waals surface area contributed by atoms with Gasteiger partial charge in [0.05, 0.1) is 24.0 Å². The maximum absolute atomic E-state index is 12.7. The Labute approximate surface area is 118 Å². The molecule has 19 heavy (non-hydrogen) atoms. The van der Waals surface area contributed by atoms with E-state index in [0.717, 1.165) is 39.0 Å². The molecule has 3 heterocycles. The molecule has 4 atom stereocenters. The maximum Gasteiger partial charge on any atom is 0.229 e. The number of likely N-dealkylation sites (N-methyl/N-ethyl adjacent to an activating group) is 1. The average molecular weight is 284 g/mol. The Morgan fingerprint density at radius 3 is 2.21 bits per heavy atom. The van der Waals surface area contributed by atoms with Crippen LogP contribution in [0.4, 0.5) is 0 Å². The first-order valence-electron chi connectivity index (χ1n) is 6.93. The van der Waals surface area contributed by atoms with Crippen LogP contribution in [-0.2, 0) is 14.3 Å². The first-order chi connectivity index (χ1) is 9.08. The summed E-state index contributed by atoms with van der Waals surface area (Å²) in [6.07, 6.45) is 1.62. The number of hydrogen-bond acceptors (Lipinski definition) is 4. The predicted molar refractivity (Wildman–Crippen MR) is 72.9 cm³/mol. The summed E-state index contributed by atoms with van der Waals surface area (Å²) in [5.41, 5.74) is 0. The monoisotopic (exact) mass is 284 g/mol. The smallest absolute Gasteiger partial charge is 0.229 e. The molecular weight excluding hydrogens is 264 g/mol. The molecule has 0 N–H and O–H groups in total. The van der Waals surface area contributed by atoms with Crippen molar-refractivity contribution in [3.05, 3.63) is 0 Å². The summed E-state index contributed by atoms with van der Waals surface area (Å²) in [5.74, 6) is -0.547. The molecule has 1 amide bonds. The molecule has 0 radical (unpaired) electrons. The van der Waals surface area contributed by atoms with Gasteiger partial charge in [0.2, 0.25) is 5.91 Å². The Bertz CT molecular complexity index is 395. The standard InChI is InChI=1S/C13H20N2O3S/c1-14-4-6-15(7-5-14)12(16)10-8-2-3-9(18-8)11(10)13(17)19/h8-11H,2-7H2,1H3,(H,17,19)/t8-,9+,10?,11?/m0/s1. The van der Waals surface area contributed by atoms with Crippen molar-refractivity contribution in [3.8, 4) is 0 Å². The van der Waals surface area contributed by atoms with Crippen LogP contribution in [0.3, 0.4) is 0 Å². The van der Waals surface area contributed by atoms with Crippen molar-refractivity contribution in [2.24, 2.45) is 11.8 Å². The van der Waals surface area contributed by atoms with E-state index in [1.54, 1.807) is 0 Å². The minimum Gasteiger partial charge on any atom is -0.373 e. The molecule has 0 spiro atoms. The van der Waals surface area contributed by atoms with Crippen LogP contribution in [-0.4, -0.2) is 66.3 Å². The van der Waals surface area contributed by atoms with Crippen molar-refractivity contribution in [1.29, 1.82) is 0 Å². The molecule has 3 rings (SSSR count). The molecule has 5 nitrogen and oxygen atoms in total. The molecule has 6 heteroatoms. The van der Waals surface area contributed by atoms with E-state index in [1.165, 1.54) is 0 Å². The second-order valence-corrected chi connectivity index (χ2v) is 6.25. The van der Waals surface area contributed by atoms with Crippen molar-refractivity contribution in [2.45, 2.75) is 25.0 Å². The number of fused-ring (bicyclic) bond motifs is 2. The van der Waals surface area contributed by atoms with Crippen LogP contribution >= 0.6 is 12.6 Å². The molecule has 3 saturated heterocycles. The number of carbonyl (C=O) groups excluding carboxylic acids is 2. The number of hydrogen-bond donors (Lipinski definition) is 1. The van der Waals surface area contributed by atoms with Crippen LogP contribution in [0.2, 0.25) is 0 Å². The molecule has 0 aliphatic carbocycles. The highest BCUT2D eigenvalue weighted by Gasteiger charge is 2.55. The number of thiol groups is 1. The Hall–Kier alpha value is -0.590. The lowest BCUT2D eigenvalue weighted by Gasteiger charge is -2.36. The van der Waals surface area contributed by atoms with Crippen LogP contribution < -0.4 is 0 Å². The summed E-state index contributed by atoms with van der Waals surface area (Å²) in [5, 5.41) is -0.195. The van der Waals surface area contributed by atoms with Crippen LogP contribution in [0.25, 0.3) is 0 Å². The highest BCUT2D eigenvalue weighted by Crippen LogP contribution is 2.45. The van der Waals surface area contributed by atoms with Crippen molar-refractivity contribution < 1.29 is 14.3 Å². The molecule has 0 aromatic heterocycles. The van der Waals surface area contributed by atoms with Gasteiger partial charge in [0, 0.05) is 26.2 Å². The fraction of sp³-hybridized carbons (Fsp3) is 0.846. The quantitative estimate of drug-likeness (QED) is 0.726. The van der Waals surface area contributed by atoms with E-state index >= 15 is 0 Å².